The van der Waals surface area contributed by atoms with Crippen LogP contribution in [0.3, 0.4) is 0 Å². The largest absolute Gasteiger partial charge is 0.377 e. The Kier molecular flexibility index (Phi) is 5.61. The summed E-state index contributed by atoms with van der Waals surface area (Å²) < 4.78 is 32.3. The van der Waals surface area contributed by atoms with Crippen LogP contribution >= 0.6 is 0 Å². The highest BCUT2D eigenvalue weighted by Gasteiger charge is 2.23. The molecule has 0 aromatic heterocycles. The molecule has 0 radical (unpaired) electrons. The second kappa shape index (κ2) is 7.24. The summed E-state index contributed by atoms with van der Waals surface area (Å²) in [5.41, 5.74) is 1.66. The van der Waals surface area contributed by atoms with E-state index in [1.54, 1.807) is 6.07 Å². The molecule has 0 spiro atoms. The first-order valence-electron chi connectivity index (χ1n) is 7.39. The summed E-state index contributed by atoms with van der Waals surface area (Å²) in [5, 5.41) is 3.31. The minimum Gasteiger partial charge on any atom is -0.377 e. The van der Waals surface area contributed by atoms with Gasteiger partial charge in [0, 0.05) is 24.9 Å². The Morgan fingerprint density at radius 2 is 2.19 bits per heavy atom. The number of ether oxygens (including phenoxy) is 1. The van der Waals surface area contributed by atoms with E-state index >= 15 is 0 Å². The van der Waals surface area contributed by atoms with Gasteiger partial charge in [-0.15, -0.1) is 0 Å². The van der Waals surface area contributed by atoms with Crippen molar-refractivity contribution in [1.29, 1.82) is 0 Å². The monoisotopic (exact) mass is 312 g/mol. The minimum absolute atomic E-state index is 0.0292. The SMILES string of the molecule is CC(C)NCc1cccc(NS(=O)(=O)CC2CCCO2)c1. The van der Waals surface area contributed by atoms with Crippen molar-refractivity contribution < 1.29 is 13.2 Å². The Hall–Kier alpha value is -1.11. The first-order valence-corrected chi connectivity index (χ1v) is 9.04. The normalized spacial score (nSPS) is 19.1. The number of benzene rings is 1. The molecule has 118 valence electrons. The number of anilines is 1. The maximum atomic E-state index is 12.1. The van der Waals surface area contributed by atoms with Crippen LogP contribution in [0.2, 0.25) is 0 Å². The van der Waals surface area contributed by atoms with Gasteiger partial charge in [0.05, 0.1) is 11.9 Å². The second-order valence-corrected chi connectivity index (χ2v) is 7.52. The Morgan fingerprint density at radius 1 is 1.38 bits per heavy atom. The van der Waals surface area contributed by atoms with Crippen molar-refractivity contribution in [2.75, 3.05) is 17.1 Å². The fourth-order valence-corrected chi connectivity index (χ4v) is 3.63. The average molecular weight is 312 g/mol. The van der Waals surface area contributed by atoms with Crippen LogP contribution in [-0.2, 0) is 21.3 Å². The number of nitrogens with one attached hydrogen (secondary N) is 2. The van der Waals surface area contributed by atoms with E-state index in [2.05, 4.69) is 23.9 Å². The van der Waals surface area contributed by atoms with E-state index in [0.717, 1.165) is 24.9 Å². The fraction of sp³-hybridized carbons (Fsp3) is 0.600. The van der Waals surface area contributed by atoms with Gasteiger partial charge in [-0.25, -0.2) is 8.42 Å². The van der Waals surface area contributed by atoms with E-state index < -0.39 is 10.0 Å². The number of sulfonamides is 1. The lowest BCUT2D eigenvalue weighted by molar-refractivity contribution is 0.127. The van der Waals surface area contributed by atoms with Gasteiger partial charge in [-0.05, 0) is 30.5 Å². The topological polar surface area (TPSA) is 67.4 Å². The number of hydrogen-bond acceptors (Lipinski definition) is 4. The third kappa shape index (κ3) is 5.65. The molecule has 1 saturated heterocycles. The maximum Gasteiger partial charge on any atom is 0.235 e. The first-order chi connectivity index (χ1) is 9.94. The smallest absolute Gasteiger partial charge is 0.235 e. The van der Waals surface area contributed by atoms with Crippen LogP contribution in [0.15, 0.2) is 24.3 Å². The van der Waals surface area contributed by atoms with Crippen LogP contribution in [-0.4, -0.2) is 32.9 Å². The maximum absolute atomic E-state index is 12.1. The lowest BCUT2D eigenvalue weighted by Crippen LogP contribution is -2.26. The van der Waals surface area contributed by atoms with Crippen molar-refractivity contribution >= 4 is 15.7 Å². The molecule has 1 atom stereocenters. The zero-order valence-corrected chi connectivity index (χ0v) is 13.4. The quantitative estimate of drug-likeness (QED) is 0.809. The molecule has 0 saturated carbocycles. The van der Waals surface area contributed by atoms with Crippen LogP contribution in [0, 0.1) is 0 Å². The van der Waals surface area contributed by atoms with Crippen molar-refractivity contribution in [2.45, 2.75) is 45.4 Å². The third-order valence-corrected chi connectivity index (χ3v) is 4.70. The molecule has 1 unspecified atom stereocenters. The third-order valence-electron chi connectivity index (χ3n) is 3.34. The van der Waals surface area contributed by atoms with Crippen molar-refractivity contribution in [3.63, 3.8) is 0 Å². The number of rotatable bonds is 7. The fourth-order valence-electron chi connectivity index (χ4n) is 2.31. The molecule has 1 aromatic carbocycles. The van der Waals surface area contributed by atoms with Crippen molar-refractivity contribution in [2.24, 2.45) is 0 Å². The molecule has 0 amide bonds. The standard InChI is InChI=1S/C15H24N2O3S/c1-12(2)16-10-13-5-3-6-14(9-13)17-21(18,19)11-15-7-4-8-20-15/h3,5-6,9,12,15-17H,4,7-8,10-11H2,1-2H3. The summed E-state index contributed by atoms with van der Waals surface area (Å²) in [6.07, 6.45) is 1.59. The molecule has 0 bridgehead atoms. The predicted octanol–water partition coefficient (Wildman–Crippen LogP) is 2.11. The van der Waals surface area contributed by atoms with Gasteiger partial charge in [0.1, 0.15) is 0 Å². The van der Waals surface area contributed by atoms with Gasteiger partial charge in [-0.2, -0.15) is 0 Å². The van der Waals surface area contributed by atoms with Crippen molar-refractivity contribution in [3.8, 4) is 0 Å². The van der Waals surface area contributed by atoms with E-state index in [1.807, 2.05) is 18.2 Å². The summed E-state index contributed by atoms with van der Waals surface area (Å²) in [5.74, 6) is 0.0292. The molecule has 1 fully saturated rings. The average Bonchev–Trinajstić information content (AvgIpc) is 2.88. The molecule has 2 N–H and O–H groups in total. The van der Waals surface area contributed by atoms with Crippen LogP contribution in [0.5, 0.6) is 0 Å². The van der Waals surface area contributed by atoms with Gasteiger partial charge in [-0.3, -0.25) is 4.72 Å². The molecule has 0 aliphatic carbocycles. The summed E-state index contributed by atoms with van der Waals surface area (Å²) in [7, 11) is -3.36. The van der Waals surface area contributed by atoms with Crippen LogP contribution in [0.4, 0.5) is 5.69 Å². The molecule has 1 aliphatic heterocycles. The van der Waals surface area contributed by atoms with Crippen molar-refractivity contribution in [3.05, 3.63) is 29.8 Å². The Bertz CT molecular complexity index is 552. The van der Waals surface area contributed by atoms with Crippen molar-refractivity contribution in [1.82, 2.24) is 5.32 Å². The van der Waals surface area contributed by atoms with E-state index in [1.165, 1.54) is 0 Å². The molecular weight excluding hydrogens is 288 g/mol. The Labute approximate surface area is 127 Å². The highest BCUT2D eigenvalue weighted by atomic mass is 32.2. The van der Waals surface area contributed by atoms with Gasteiger partial charge in [0.15, 0.2) is 0 Å². The molecule has 1 aliphatic rings. The van der Waals surface area contributed by atoms with Crippen LogP contribution in [0.1, 0.15) is 32.3 Å². The van der Waals surface area contributed by atoms with Crippen LogP contribution < -0.4 is 10.0 Å². The van der Waals surface area contributed by atoms with Gasteiger partial charge in [0.25, 0.3) is 0 Å². The minimum atomic E-state index is -3.36. The van der Waals surface area contributed by atoms with E-state index in [4.69, 9.17) is 4.74 Å². The molecule has 5 nitrogen and oxygen atoms in total. The zero-order valence-electron chi connectivity index (χ0n) is 12.6. The first kappa shape index (κ1) is 16.3. The lowest BCUT2D eigenvalue weighted by atomic mass is 10.2. The molecule has 6 heteroatoms. The van der Waals surface area contributed by atoms with E-state index in [-0.39, 0.29) is 11.9 Å². The van der Waals surface area contributed by atoms with Gasteiger partial charge < -0.3 is 10.1 Å². The molecule has 2 rings (SSSR count). The van der Waals surface area contributed by atoms with E-state index in [0.29, 0.717) is 18.3 Å². The summed E-state index contributed by atoms with van der Waals surface area (Å²) in [4.78, 5) is 0. The zero-order chi connectivity index (χ0) is 15.3. The Morgan fingerprint density at radius 3 is 2.86 bits per heavy atom. The lowest BCUT2D eigenvalue weighted by Gasteiger charge is -2.13. The number of hydrogen-bond donors (Lipinski definition) is 2. The van der Waals surface area contributed by atoms with Gasteiger partial charge in [0.2, 0.25) is 10.0 Å². The Balaban J connectivity index is 1.96. The molecular formula is C15H24N2O3S. The van der Waals surface area contributed by atoms with E-state index in [9.17, 15) is 8.42 Å². The van der Waals surface area contributed by atoms with Gasteiger partial charge in [-0.1, -0.05) is 26.0 Å². The van der Waals surface area contributed by atoms with Crippen LogP contribution in [0.25, 0.3) is 0 Å². The predicted molar refractivity (Wildman–Crippen MR) is 84.8 cm³/mol. The highest BCUT2D eigenvalue weighted by molar-refractivity contribution is 7.92. The highest BCUT2D eigenvalue weighted by Crippen LogP contribution is 2.17. The summed E-state index contributed by atoms with van der Waals surface area (Å²) in [6, 6.07) is 7.87. The molecule has 1 heterocycles. The van der Waals surface area contributed by atoms with Gasteiger partial charge >= 0.3 is 0 Å². The molecule has 21 heavy (non-hydrogen) atoms. The summed E-state index contributed by atoms with van der Waals surface area (Å²) >= 11 is 0. The molecule has 1 aromatic rings. The second-order valence-electron chi connectivity index (χ2n) is 5.75. The summed E-state index contributed by atoms with van der Waals surface area (Å²) in [6.45, 7) is 5.54.